The summed E-state index contributed by atoms with van der Waals surface area (Å²) in [6.45, 7) is 0.143. The molecule has 1 fully saturated rings. The summed E-state index contributed by atoms with van der Waals surface area (Å²) in [7, 11) is 1.59. The molecule has 1 aliphatic heterocycles. The predicted molar refractivity (Wildman–Crippen MR) is 64.2 cm³/mol. The van der Waals surface area contributed by atoms with Gasteiger partial charge in [0.05, 0.1) is 18.8 Å². The molecule has 0 unspecified atom stereocenters. The Morgan fingerprint density at radius 2 is 2.26 bits per heavy atom. The summed E-state index contributed by atoms with van der Waals surface area (Å²) < 4.78 is 25.2. The zero-order valence-corrected chi connectivity index (χ0v) is 10.3. The van der Waals surface area contributed by atoms with Crippen LogP contribution < -0.4 is 15.8 Å². The number of rotatable bonds is 4. The number of hydrogen-bond acceptors (Lipinski definition) is 4. The molecule has 8 heteroatoms. The molecule has 1 saturated heterocycles. The standard InChI is InChI=1S/C11H14F2N4O2/c1-16-6-15-9(2-10(16)18)17-4-7(5-17)11(19)14-3-8(12)13/h2,6-8H,3-5H2,1H3,(H,14,19). The summed E-state index contributed by atoms with van der Waals surface area (Å²) in [6, 6.07) is 1.38. The summed E-state index contributed by atoms with van der Waals surface area (Å²) in [6.07, 6.45) is -1.14. The minimum Gasteiger partial charge on any atom is -0.355 e. The molecule has 2 rings (SSSR count). The van der Waals surface area contributed by atoms with Gasteiger partial charge in [0.15, 0.2) is 0 Å². The van der Waals surface area contributed by atoms with Crippen LogP contribution in [0.5, 0.6) is 0 Å². The third-order valence-corrected chi connectivity index (χ3v) is 2.97. The van der Waals surface area contributed by atoms with Crippen LogP contribution in [-0.4, -0.2) is 41.5 Å². The first kappa shape index (κ1) is 13.4. The van der Waals surface area contributed by atoms with Gasteiger partial charge in [0.1, 0.15) is 5.82 Å². The van der Waals surface area contributed by atoms with Gasteiger partial charge in [-0.2, -0.15) is 0 Å². The molecule has 0 atom stereocenters. The van der Waals surface area contributed by atoms with Gasteiger partial charge in [-0.1, -0.05) is 0 Å². The zero-order chi connectivity index (χ0) is 14.0. The van der Waals surface area contributed by atoms with E-state index in [1.165, 1.54) is 17.0 Å². The van der Waals surface area contributed by atoms with Crippen molar-refractivity contribution >= 4 is 11.7 Å². The Balaban J connectivity index is 1.87. The highest BCUT2D eigenvalue weighted by Crippen LogP contribution is 2.21. The molecule has 2 heterocycles. The fraction of sp³-hybridized carbons (Fsp3) is 0.545. The first-order valence-corrected chi connectivity index (χ1v) is 5.81. The smallest absolute Gasteiger partial charge is 0.255 e. The molecule has 0 spiro atoms. The van der Waals surface area contributed by atoms with Crippen LogP contribution in [0.1, 0.15) is 0 Å². The second-order valence-electron chi connectivity index (χ2n) is 4.43. The summed E-state index contributed by atoms with van der Waals surface area (Å²) in [5, 5.41) is 2.17. The van der Waals surface area contributed by atoms with Crippen molar-refractivity contribution in [2.45, 2.75) is 6.43 Å². The Bertz CT molecular complexity index is 526. The molecule has 1 aromatic rings. The van der Waals surface area contributed by atoms with Crippen LogP contribution in [0.3, 0.4) is 0 Å². The molecule has 1 aliphatic rings. The Morgan fingerprint density at radius 3 is 2.84 bits per heavy atom. The lowest BCUT2D eigenvalue weighted by Gasteiger charge is -2.38. The maximum atomic E-state index is 11.9. The number of nitrogens with one attached hydrogen (secondary N) is 1. The van der Waals surface area contributed by atoms with E-state index in [1.807, 2.05) is 0 Å². The molecule has 6 nitrogen and oxygen atoms in total. The molecule has 0 bridgehead atoms. The van der Waals surface area contributed by atoms with E-state index in [1.54, 1.807) is 11.9 Å². The fourth-order valence-corrected chi connectivity index (χ4v) is 1.78. The van der Waals surface area contributed by atoms with E-state index in [4.69, 9.17) is 0 Å². The van der Waals surface area contributed by atoms with Crippen molar-refractivity contribution in [2.75, 3.05) is 24.5 Å². The van der Waals surface area contributed by atoms with Gasteiger partial charge in [0, 0.05) is 26.2 Å². The van der Waals surface area contributed by atoms with Crippen molar-refractivity contribution in [2.24, 2.45) is 13.0 Å². The molecule has 104 valence electrons. The molecule has 1 aromatic heterocycles. The molecule has 0 aliphatic carbocycles. The third-order valence-electron chi connectivity index (χ3n) is 2.97. The SMILES string of the molecule is Cn1cnc(N2CC(C(=O)NCC(F)F)C2)cc1=O. The van der Waals surface area contributed by atoms with Gasteiger partial charge in [-0.05, 0) is 0 Å². The summed E-state index contributed by atoms with van der Waals surface area (Å²) >= 11 is 0. The lowest BCUT2D eigenvalue weighted by molar-refractivity contribution is -0.126. The van der Waals surface area contributed by atoms with Crippen molar-refractivity contribution in [3.05, 3.63) is 22.7 Å². The quantitative estimate of drug-likeness (QED) is 0.809. The van der Waals surface area contributed by atoms with E-state index in [0.717, 1.165) is 0 Å². The lowest BCUT2D eigenvalue weighted by Crippen LogP contribution is -2.54. The maximum absolute atomic E-state index is 11.9. The van der Waals surface area contributed by atoms with Crippen LogP contribution in [0, 0.1) is 5.92 Å². The van der Waals surface area contributed by atoms with Crippen molar-refractivity contribution in [1.29, 1.82) is 0 Å². The Labute approximate surface area is 108 Å². The zero-order valence-electron chi connectivity index (χ0n) is 10.3. The van der Waals surface area contributed by atoms with Gasteiger partial charge in [-0.3, -0.25) is 9.59 Å². The highest BCUT2D eigenvalue weighted by atomic mass is 19.3. The van der Waals surface area contributed by atoms with Crippen LogP contribution in [0.25, 0.3) is 0 Å². The highest BCUT2D eigenvalue weighted by molar-refractivity contribution is 5.81. The second kappa shape index (κ2) is 5.33. The van der Waals surface area contributed by atoms with Gasteiger partial charge < -0.3 is 14.8 Å². The van der Waals surface area contributed by atoms with Crippen LogP contribution >= 0.6 is 0 Å². The van der Waals surface area contributed by atoms with Gasteiger partial charge in [-0.25, -0.2) is 13.8 Å². The first-order valence-electron chi connectivity index (χ1n) is 5.81. The van der Waals surface area contributed by atoms with Crippen LogP contribution in [0.2, 0.25) is 0 Å². The Kier molecular flexibility index (Phi) is 3.77. The van der Waals surface area contributed by atoms with Crippen molar-refractivity contribution in [3.63, 3.8) is 0 Å². The normalized spacial score (nSPS) is 15.5. The number of amides is 1. The number of carbonyl (C=O) groups is 1. The van der Waals surface area contributed by atoms with E-state index in [-0.39, 0.29) is 17.4 Å². The van der Waals surface area contributed by atoms with E-state index < -0.39 is 13.0 Å². The second-order valence-corrected chi connectivity index (χ2v) is 4.43. The van der Waals surface area contributed by atoms with E-state index >= 15 is 0 Å². The average Bonchev–Trinajstić information content (AvgIpc) is 2.29. The summed E-state index contributed by atoms with van der Waals surface area (Å²) in [5.74, 6) is -0.217. The van der Waals surface area contributed by atoms with Gasteiger partial charge in [0.2, 0.25) is 5.91 Å². The van der Waals surface area contributed by atoms with Gasteiger partial charge in [0.25, 0.3) is 12.0 Å². The maximum Gasteiger partial charge on any atom is 0.255 e. The molecule has 0 saturated carbocycles. The largest absolute Gasteiger partial charge is 0.355 e. The lowest BCUT2D eigenvalue weighted by atomic mass is 9.99. The van der Waals surface area contributed by atoms with Crippen LogP contribution in [-0.2, 0) is 11.8 Å². The summed E-state index contributed by atoms with van der Waals surface area (Å²) in [5.41, 5.74) is -0.185. The molecule has 19 heavy (non-hydrogen) atoms. The highest BCUT2D eigenvalue weighted by Gasteiger charge is 2.33. The molecule has 1 amide bonds. The first-order chi connectivity index (χ1) is 8.97. The predicted octanol–water partition coefficient (Wildman–Crippen LogP) is -0.402. The number of carbonyl (C=O) groups excluding carboxylic acids is 1. The number of aryl methyl sites for hydroxylation is 1. The summed E-state index contributed by atoms with van der Waals surface area (Å²) in [4.78, 5) is 28.7. The minimum atomic E-state index is -2.54. The Hall–Kier alpha value is -1.99. The topological polar surface area (TPSA) is 67.2 Å². The number of halogens is 2. The molecular weight excluding hydrogens is 258 g/mol. The van der Waals surface area contributed by atoms with Gasteiger partial charge in [-0.15, -0.1) is 0 Å². The number of anilines is 1. The third kappa shape index (κ3) is 3.07. The molecule has 0 radical (unpaired) electrons. The average molecular weight is 272 g/mol. The number of aromatic nitrogens is 2. The minimum absolute atomic E-state index is 0.185. The number of hydrogen-bond donors (Lipinski definition) is 1. The van der Waals surface area contributed by atoms with E-state index in [0.29, 0.717) is 18.9 Å². The van der Waals surface area contributed by atoms with Crippen LogP contribution in [0.4, 0.5) is 14.6 Å². The molecule has 0 aromatic carbocycles. The monoisotopic (exact) mass is 272 g/mol. The van der Waals surface area contributed by atoms with Gasteiger partial charge >= 0.3 is 0 Å². The fourth-order valence-electron chi connectivity index (χ4n) is 1.78. The number of alkyl halides is 2. The molecule has 1 N–H and O–H groups in total. The number of nitrogens with zero attached hydrogens (tertiary/aromatic N) is 3. The van der Waals surface area contributed by atoms with Crippen LogP contribution in [0.15, 0.2) is 17.2 Å². The van der Waals surface area contributed by atoms with Crippen molar-refractivity contribution in [1.82, 2.24) is 14.9 Å². The molecular formula is C11H14F2N4O2. The Morgan fingerprint density at radius 1 is 1.58 bits per heavy atom. The van der Waals surface area contributed by atoms with E-state index in [9.17, 15) is 18.4 Å². The van der Waals surface area contributed by atoms with E-state index in [2.05, 4.69) is 10.3 Å². The van der Waals surface area contributed by atoms with Crippen molar-refractivity contribution in [3.8, 4) is 0 Å². The van der Waals surface area contributed by atoms with Crippen molar-refractivity contribution < 1.29 is 13.6 Å².